The molecule has 5 rings (SSSR count). The first-order valence-corrected chi connectivity index (χ1v) is 12.4. The van der Waals surface area contributed by atoms with Crippen LogP contribution in [0.25, 0.3) is 21.3 Å². The van der Waals surface area contributed by atoms with Crippen molar-refractivity contribution in [2.45, 2.75) is 10.1 Å². The zero-order valence-electron chi connectivity index (χ0n) is 17.2. The number of aromatic nitrogens is 4. The van der Waals surface area contributed by atoms with Crippen LogP contribution in [0.2, 0.25) is 0 Å². The van der Waals surface area contributed by atoms with Gasteiger partial charge in [-0.25, -0.2) is 9.37 Å². The van der Waals surface area contributed by atoms with Gasteiger partial charge in [-0.05, 0) is 29.8 Å². The van der Waals surface area contributed by atoms with E-state index in [1.54, 1.807) is 19.2 Å². The molecule has 166 valence electrons. The summed E-state index contributed by atoms with van der Waals surface area (Å²) < 4.78 is 19.3. The van der Waals surface area contributed by atoms with Crippen LogP contribution >= 0.6 is 34.4 Å². The van der Waals surface area contributed by atoms with Crippen LogP contribution in [0, 0.1) is 5.82 Å². The number of thiophene rings is 1. The number of thioether (sulfide) groups is 1. The van der Waals surface area contributed by atoms with Crippen molar-refractivity contribution in [2.75, 3.05) is 12.4 Å². The van der Waals surface area contributed by atoms with Gasteiger partial charge in [0.05, 0.1) is 23.9 Å². The molecule has 7 nitrogen and oxygen atoms in total. The molecule has 0 unspecified atom stereocenters. The molecule has 0 radical (unpaired) electrons. The van der Waals surface area contributed by atoms with Crippen molar-refractivity contribution < 1.29 is 9.13 Å². The molecule has 0 spiro atoms. The van der Waals surface area contributed by atoms with E-state index in [0.29, 0.717) is 32.7 Å². The van der Waals surface area contributed by atoms with Crippen molar-refractivity contribution in [3.8, 4) is 16.9 Å². The van der Waals surface area contributed by atoms with E-state index in [2.05, 4.69) is 25.5 Å². The number of ether oxygens (including phenoxy) is 1. The number of rotatable bonds is 7. The minimum Gasteiger partial charge on any atom is -0.495 e. The monoisotopic (exact) mass is 497 g/mol. The number of fused-ring (bicyclic) bond motifs is 1. The van der Waals surface area contributed by atoms with Gasteiger partial charge in [0.2, 0.25) is 5.13 Å². The first-order chi connectivity index (χ1) is 16.1. The Morgan fingerprint density at radius 2 is 1.97 bits per heavy atom. The lowest BCUT2D eigenvalue weighted by molar-refractivity contribution is 0.417. The summed E-state index contributed by atoms with van der Waals surface area (Å²) in [6.07, 6.45) is 0. The molecule has 3 heterocycles. The normalized spacial score (nSPS) is 11.1. The maximum Gasteiger partial charge on any atom is 0.260 e. The highest BCUT2D eigenvalue weighted by molar-refractivity contribution is 8.00. The number of hydrogen-bond acceptors (Lipinski definition) is 9. The molecule has 5 aromatic rings. The van der Waals surface area contributed by atoms with Gasteiger partial charge >= 0.3 is 0 Å². The van der Waals surface area contributed by atoms with Gasteiger partial charge in [0.1, 0.15) is 22.2 Å². The third-order valence-corrected chi connectivity index (χ3v) is 7.59. The van der Waals surface area contributed by atoms with E-state index in [4.69, 9.17) is 4.74 Å². The van der Waals surface area contributed by atoms with E-state index < -0.39 is 0 Å². The second-order valence-corrected chi connectivity index (χ2v) is 9.89. The third-order valence-electron chi connectivity index (χ3n) is 4.74. The summed E-state index contributed by atoms with van der Waals surface area (Å²) >= 11 is 4.23. The number of para-hydroxylation sites is 2. The van der Waals surface area contributed by atoms with Crippen LogP contribution in [0.3, 0.4) is 0 Å². The number of anilines is 2. The first kappa shape index (κ1) is 21.6. The van der Waals surface area contributed by atoms with Crippen LogP contribution in [0.4, 0.5) is 15.2 Å². The summed E-state index contributed by atoms with van der Waals surface area (Å²) in [5, 5.41) is 14.6. The SMILES string of the molecule is COc1ccccc1Nc1nnc(SCc2nc3scc(-c4ccc(F)cc4)c3c(=O)[nH]2)s1. The zero-order chi connectivity index (χ0) is 22.8. The van der Waals surface area contributed by atoms with Crippen molar-refractivity contribution in [1.82, 2.24) is 20.2 Å². The van der Waals surface area contributed by atoms with Crippen LogP contribution in [-0.4, -0.2) is 27.3 Å². The number of methoxy groups -OCH3 is 1. The minimum absolute atomic E-state index is 0.216. The van der Waals surface area contributed by atoms with E-state index in [0.717, 1.165) is 21.2 Å². The Bertz CT molecular complexity index is 1480. The van der Waals surface area contributed by atoms with Gasteiger partial charge in [-0.3, -0.25) is 4.79 Å². The summed E-state index contributed by atoms with van der Waals surface area (Å²) in [5.74, 6) is 1.40. The van der Waals surface area contributed by atoms with Crippen LogP contribution in [-0.2, 0) is 5.75 Å². The Morgan fingerprint density at radius 1 is 1.15 bits per heavy atom. The number of nitrogens with one attached hydrogen (secondary N) is 2. The van der Waals surface area contributed by atoms with Crippen LogP contribution in [0.15, 0.2) is 63.0 Å². The molecule has 0 aliphatic heterocycles. The summed E-state index contributed by atoms with van der Waals surface area (Å²) in [4.78, 5) is 20.9. The summed E-state index contributed by atoms with van der Waals surface area (Å²) in [6.45, 7) is 0. The Kier molecular flexibility index (Phi) is 6.07. The van der Waals surface area contributed by atoms with E-state index >= 15 is 0 Å². The van der Waals surface area contributed by atoms with Gasteiger partial charge in [-0.2, -0.15) is 0 Å². The molecule has 0 bridgehead atoms. The maximum absolute atomic E-state index is 13.2. The fraction of sp³-hybridized carbons (Fsp3) is 0.0909. The molecule has 0 amide bonds. The molecule has 0 atom stereocenters. The number of hydrogen-bond donors (Lipinski definition) is 2. The fourth-order valence-corrected chi connectivity index (χ4v) is 5.82. The van der Waals surface area contributed by atoms with Crippen LogP contribution < -0.4 is 15.6 Å². The van der Waals surface area contributed by atoms with Gasteiger partial charge in [-0.15, -0.1) is 21.5 Å². The third kappa shape index (κ3) is 4.61. The number of aromatic amines is 1. The lowest BCUT2D eigenvalue weighted by Crippen LogP contribution is -2.10. The molecular weight excluding hydrogens is 481 g/mol. The highest BCUT2D eigenvalue weighted by Crippen LogP contribution is 2.34. The van der Waals surface area contributed by atoms with Gasteiger partial charge in [0.15, 0.2) is 4.34 Å². The highest BCUT2D eigenvalue weighted by Gasteiger charge is 2.14. The highest BCUT2D eigenvalue weighted by atomic mass is 32.2. The Hall–Kier alpha value is -3.28. The average molecular weight is 498 g/mol. The Balaban J connectivity index is 1.31. The van der Waals surface area contributed by atoms with Gasteiger partial charge in [-0.1, -0.05) is 47.4 Å². The summed E-state index contributed by atoms with van der Waals surface area (Å²) in [7, 11) is 1.61. The predicted molar refractivity (Wildman–Crippen MR) is 131 cm³/mol. The molecule has 0 aliphatic rings. The fourth-order valence-electron chi connectivity index (χ4n) is 3.22. The number of halogens is 1. The van der Waals surface area contributed by atoms with Crippen molar-refractivity contribution in [2.24, 2.45) is 0 Å². The van der Waals surface area contributed by atoms with Crippen molar-refractivity contribution >= 4 is 55.5 Å². The smallest absolute Gasteiger partial charge is 0.260 e. The summed E-state index contributed by atoms with van der Waals surface area (Å²) in [5.41, 5.74) is 2.12. The van der Waals surface area contributed by atoms with E-state index in [9.17, 15) is 9.18 Å². The van der Waals surface area contributed by atoms with E-state index in [1.165, 1.54) is 46.6 Å². The quantitative estimate of drug-likeness (QED) is 0.279. The van der Waals surface area contributed by atoms with E-state index in [1.807, 2.05) is 29.6 Å². The van der Waals surface area contributed by atoms with Crippen LogP contribution in [0.5, 0.6) is 5.75 Å². The second kappa shape index (κ2) is 9.30. The lowest BCUT2D eigenvalue weighted by atomic mass is 10.1. The molecule has 2 aromatic carbocycles. The predicted octanol–water partition coefficient (Wildman–Crippen LogP) is 5.69. The largest absolute Gasteiger partial charge is 0.495 e. The van der Waals surface area contributed by atoms with E-state index in [-0.39, 0.29) is 11.4 Å². The van der Waals surface area contributed by atoms with Crippen molar-refractivity contribution in [3.63, 3.8) is 0 Å². The molecule has 0 aliphatic carbocycles. The molecule has 0 saturated carbocycles. The minimum atomic E-state index is -0.317. The molecule has 3 aromatic heterocycles. The Labute approximate surface area is 199 Å². The molecule has 0 saturated heterocycles. The second-order valence-electron chi connectivity index (χ2n) is 6.84. The summed E-state index contributed by atoms with van der Waals surface area (Å²) in [6, 6.07) is 13.6. The topological polar surface area (TPSA) is 92.8 Å². The van der Waals surface area contributed by atoms with Crippen LogP contribution in [0.1, 0.15) is 5.82 Å². The van der Waals surface area contributed by atoms with Crippen molar-refractivity contribution in [1.29, 1.82) is 0 Å². The number of H-pyrrole nitrogens is 1. The number of benzene rings is 2. The zero-order valence-corrected chi connectivity index (χ0v) is 19.6. The lowest BCUT2D eigenvalue weighted by Gasteiger charge is -2.07. The molecule has 2 N–H and O–H groups in total. The van der Waals surface area contributed by atoms with Crippen molar-refractivity contribution in [3.05, 3.63) is 75.9 Å². The molecule has 0 fully saturated rings. The van der Waals surface area contributed by atoms with Gasteiger partial charge in [0.25, 0.3) is 5.56 Å². The molecule has 11 heteroatoms. The molecular formula is C22H16FN5O2S3. The molecule has 33 heavy (non-hydrogen) atoms. The number of nitrogens with zero attached hydrogens (tertiary/aromatic N) is 3. The van der Waals surface area contributed by atoms with Gasteiger partial charge < -0.3 is 15.0 Å². The average Bonchev–Trinajstić information content (AvgIpc) is 3.46. The standard InChI is InChI=1S/C22H16FN5O2S3/c1-30-16-5-3-2-4-15(16)24-21-27-28-22(33-21)32-11-17-25-19(29)18-14(10-31-20(18)26-17)12-6-8-13(23)9-7-12/h2-10H,11H2,1H3,(H,24,27)(H,25,26,29). The maximum atomic E-state index is 13.2. The Morgan fingerprint density at radius 3 is 2.79 bits per heavy atom. The first-order valence-electron chi connectivity index (χ1n) is 9.73. The van der Waals surface area contributed by atoms with Gasteiger partial charge in [0, 0.05) is 10.9 Å².